The Morgan fingerprint density at radius 2 is 2.17 bits per heavy atom. The highest BCUT2D eigenvalue weighted by Crippen LogP contribution is 2.22. The summed E-state index contributed by atoms with van der Waals surface area (Å²) in [7, 11) is 0. The first-order valence-corrected chi connectivity index (χ1v) is 7.38. The molecule has 1 aliphatic rings. The molecule has 0 bridgehead atoms. The largest absolute Gasteiger partial charge is 0.481 e. The maximum absolute atomic E-state index is 10.8. The van der Waals surface area contributed by atoms with Gasteiger partial charge in [0.2, 0.25) is 0 Å². The van der Waals surface area contributed by atoms with E-state index in [0.717, 1.165) is 31.7 Å². The van der Waals surface area contributed by atoms with Crippen LogP contribution in [0.1, 0.15) is 19.3 Å². The van der Waals surface area contributed by atoms with E-state index in [1.165, 1.54) is 4.90 Å². The first kappa shape index (κ1) is 13.4. The summed E-state index contributed by atoms with van der Waals surface area (Å²) < 4.78 is 0. The quantitative estimate of drug-likeness (QED) is 0.803. The highest BCUT2D eigenvalue weighted by Gasteiger charge is 2.25. The number of likely N-dealkylation sites (tertiary alicyclic amines) is 1. The van der Waals surface area contributed by atoms with Crippen LogP contribution in [0, 0.1) is 0 Å². The Balaban J connectivity index is 1.74. The SMILES string of the molecule is O=C(O)CC1CCCN1CCSc1ccccc1. The van der Waals surface area contributed by atoms with Crippen molar-refractivity contribution in [2.45, 2.75) is 30.2 Å². The van der Waals surface area contributed by atoms with E-state index in [0.29, 0.717) is 0 Å². The summed E-state index contributed by atoms with van der Waals surface area (Å²) in [5, 5.41) is 8.86. The van der Waals surface area contributed by atoms with E-state index in [9.17, 15) is 4.79 Å². The van der Waals surface area contributed by atoms with Gasteiger partial charge in [-0.25, -0.2) is 0 Å². The van der Waals surface area contributed by atoms with Gasteiger partial charge in [0, 0.05) is 23.2 Å². The molecule has 0 spiro atoms. The normalized spacial score (nSPS) is 20.1. The summed E-state index contributed by atoms with van der Waals surface area (Å²) in [6.45, 7) is 2.03. The minimum absolute atomic E-state index is 0.249. The highest BCUT2D eigenvalue weighted by molar-refractivity contribution is 7.99. The Kier molecular flexibility index (Phi) is 5.08. The van der Waals surface area contributed by atoms with Crippen molar-refractivity contribution in [3.05, 3.63) is 30.3 Å². The third-order valence-electron chi connectivity index (χ3n) is 3.30. The topological polar surface area (TPSA) is 40.5 Å². The molecule has 0 aliphatic carbocycles. The monoisotopic (exact) mass is 265 g/mol. The van der Waals surface area contributed by atoms with Gasteiger partial charge in [-0.05, 0) is 31.5 Å². The first-order chi connectivity index (χ1) is 8.75. The second-order valence-electron chi connectivity index (χ2n) is 4.59. The van der Waals surface area contributed by atoms with Gasteiger partial charge in [-0.2, -0.15) is 0 Å². The van der Waals surface area contributed by atoms with Gasteiger partial charge in [-0.3, -0.25) is 9.69 Å². The molecule has 1 aliphatic heterocycles. The molecular formula is C14H19NO2S. The fourth-order valence-electron chi connectivity index (χ4n) is 2.42. The lowest BCUT2D eigenvalue weighted by Gasteiger charge is -2.22. The molecule has 4 heteroatoms. The van der Waals surface area contributed by atoms with Crippen molar-refractivity contribution in [1.29, 1.82) is 0 Å². The van der Waals surface area contributed by atoms with Gasteiger partial charge >= 0.3 is 5.97 Å². The van der Waals surface area contributed by atoms with Gasteiger partial charge in [0.25, 0.3) is 0 Å². The Morgan fingerprint density at radius 3 is 2.89 bits per heavy atom. The highest BCUT2D eigenvalue weighted by atomic mass is 32.2. The minimum Gasteiger partial charge on any atom is -0.481 e. The van der Waals surface area contributed by atoms with Gasteiger partial charge in [0.1, 0.15) is 0 Å². The lowest BCUT2D eigenvalue weighted by molar-refractivity contribution is -0.138. The Bertz CT molecular complexity index is 383. The van der Waals surface area contributed by atoms with Crippen LogP contribution in [0.4, 0.5) is 0 Å². The number of carboxylic acid groups (broad SMARTS) is 1. The van der Waals surface area contributed by atoms with E-state index in [4.69, 9.17) is 5.11 Å². The second kappa shape index (κ2) is 6.81. The zero-order valence-corrected chi connectivity index (χ0v) is 11.2. The van der Waals surface area contributed by atoms with Crippen LogP contribution in [0.5, 0.6) is 0 Å². The van der Waals surface area contributed by atoms with Gasteiger partial charge in [0.15, 0.2) is 0 Å². The Morgan fingerprint density at radius 1 is 1.39 bits per heavy atom. The molecule has 0 radical (unpaired) electrons. The molecule has 1 saturated heterocycles. The van der Waals surface area contributed by atoms with Crippen LogP contribution < -0.4 is 0 Å². The standard InChI is InChI=1S/C14H19NO2S/c16-14(17)11-12-5-4-8-15(12)9-10-18-13-6-2-1-3-7-13/h1-3,6-7,12H,4-5,8-11H2,(H,16,17). The number of carbonyl (C=O) groups is 1. The zero-order valence-electron chi connectivity index (χ0n) is 10.4. The molecule has 1 fully saturated rings. The second-order valence-corrected chi connectivity index (χ2v) is 5.76. The number of benzene rings is 1. The Labute approximate surface area is 112 Å². The average molecular weight is 265 g/mol. The van der Waals surface area contributed by atoms with Crippen LogP contribution in [0.15, 0.2) is 35.2 Å². The van der Waals surface area contributed by atoms with Crippen LogP contribution in [-0.2, 0) is 4.79 Å². The molecule has 2 rings (SSSR count). The van der Waals surface area contributed by atoms with Crippen LogP contribution in [0.25, 0.3) is 0 Å². The molecule has 1 heterocycles. The summed E-state index contributed by atoms with van der Waals surface area (Å²) in [6, 6.07) is 10.6. The van der Waals surface area contributed by atoms with Crippen molar-refractivity contribution in [3.63, 3.8) is 0 Å². The predicted octanol–water partition coefficient (Wildman–Crippen LogP) is 2.72. The summed E-state index contributed by atoms with van der Waals surface area (Å²) in [5.41, 5.74) is 0. The number of rotatable bonds is 6. The third kappa shape index (κ3) is 4.03. The molecule has 3 nitrogen and oxygen atoms in total. The molecule has 18 heavy (non-hydrogen) atoms. The van der Waals surface area contributed by atoms with Crippen molar-refractivity contribution in [2.75, 3.05) is 18.8 Å². The summed E-state index contributed by atoms with van der Waals surface area (Å²) in [6.07, 6.45) is 2.45. The molecule has 1 aromatic carbocycles. The third-order valence-corrected chi connectivity index (χ3v) is 4.29. The van der Waals surface area contributed by atoms with Crippen LogP contribution in [-0.4, -0.2) is 40.9 Å². The fourth-order valence-corrected chi connectivity index (χ4v) is 3.33. The fraction of sp³-hybridized carbons (Fsp3) is 0.500. The molecule has 0 saturated carbocycles. The molecule has 1 atom stereocenters. The van der Waals surface area contributed by atoms with E-state index < -0.39 is 5.97 Å². The minimum atomic E-state index is -0.678. The number of hydrogen-bond acceptors (Lipinski definition) is 3. The van der Waals surface area contributed by atoms with Gasteiger partial charge < -0.3 is 5.11 Å². The van der Waals surface area contributed by atoms with Crippen LogP contribution in [0.3, 0.4) is 0 Å². The van der Waals surface area contributed by atoms with Gasteiger partial charge in [0.05, 0.1) is 6.42 Å². The lowest BCUT2D eigenvalue weighted by atomic mass is 10.1. The maximum Gasteiger partial charge on any atom is 0.304 e. The van der Waals surface area contributed by atoms with E-state index in [1.807, 2.05) is 30.0 Å². The molecule has 1 unspecified atom stereocenters. The number of nitrogens with zero attached hydrogens (tertiary/aromatic N) is 1. The molecule has 0 aromatic heterocycles. The zero-order chi connectivity index (χ0) is 12.8. The average Bonchev–Trinajstić information content (AvgIpc) is 2.77. The van der Waals surface area contributed by atoms with Crippen molar-refractivity contribution in [2.24, 2.45) is 0 Å². The van der Waals surface area contributed by atoms with E-state index in [2.05, 4.69) is 17.0 Å². The molecular weight excluding hydrogens is 246 g/mol. The van der Waals surface area contributed by atoms with Crippen molar-refractivity contribution >= 4 is 17.7 Å². The summed E-state index contributed by atoms with van der Waals surface area (Å²) in [5.74, 6) is 0.350. The van der Waals surface area contributed by atoms with Crippen LogP contribution in [0.2, 0.25) is 0 Å². The van der Waals surface area contributed by atoms with E-state index in [-0.39, 0.29) is 12.5 Å². The van der Waals surface area contributed by atoms with E-state index in [1.54, 1.807) is 0 Å². The first-order valence-electron chi connectivity index (χ1n) is 6.39. The summed E-state index contributed by atoms with van der Waals surface area (Å²) in [4.78, 5) is 14.4. The molecule has 0 amide bonds. The maximum atomic E-state index is 10.8. The lowest BCUT2D eigenvalue weighted by Crippen LogP contribution is -2.33. The summed E-state index contributed by atoms with van der Waals surface area (Å²) >= 11 is 1.84. The number of hydrogen-bond donors (Lipinski definition) is 1. The molecule has 1 aromatic rings. The van der Waals surface area contributed by atoms with Crippen molar-refractivity contribution in [3.8, 4) is 0 Å². The number of carboxylic acids is 1. The molecule has 98 valence electrons. The van der Waals surface area contributed by atoms with Crippen molar-refractivity contribution in [1.82, 2.24) is 4.90 Å². The Hall–Kier alpha value is -1.00. The smallest absolute Gasteiger partial charge is 0.304 e. The van der Waals surface area contributed by atoms with Gasteiger partial charge in [-0.1, -0.05) is 18.2 Å². The number of thioether (sulfide) groups is 1. The number of aliphatic carboxylic acids is 1. The predicted molar refractivity (Wildman–Crippen MR) is 74.0 cm³/mol. The van der Waals surface area contributed by atoms with Crippen molar-refractivity contribution < 1.29 is 9.90 Å². The molecule has 1 N–H and O–H groups in total. The van der Waals surface area contributed by atoms with Crippen LogP contribution >= 0.6 is 11.8 Å². The van der Waals surface area contributed by atoms with E-state index >= 15 is 0 Å². The van der Waals surface area contributed by atoms with Gasteiger partial charge in [-0.15, -0.1) is 11.8 Å².